The quantitative estimate of drug-likeness (QED) is 0.542. The van der Waals surface area contributed by atoms with E-state index < -0.39 is 30.5 Å². The van der Waals surface area contributed by atoms with Gasteiger partial charge in [0.05, 0.1) is 19.3 Å². The van der Waals surface area contributed by atoms with Gasteiger partial charge in [-0.25, -0.2) is 14.3 Å². The predicted octanol–water partition coefficient (Wildman–Crippen LogP) is -0.107. The zero-order valence-corrected chi connectivity index (χ0v) is 16.3. The molecule has 3 amide bonds. The molecule has 27 heavy (non-hydrogen) atoms. The van der Waals surface area contributed by atoms with Crippen molar-refractivity contribution in [1.29, 1.82) is 0 Å². The summed E-state index contributed by atoms with van der Waals surface area (Å²) >= 11 is 0. The number of hydrogen-bond acceptors (Lipinski definition) is 6. The average Bonchev–Trinajstić information content (AvgIpc) is 3.09. The van der Waals surface area contributed by atoms with Crippen LogP contribution in [0.5, 0.6) is 0 Å². The van der Waals surface area contributed by atoms with Crippen LogP contribution in [0.4, 0.5) is 4.79 Å². The summed E-state index contributed by atoms with van der Waals surface area (Å²) in [6, 6.07) is -1.41. The normalized spacial score (nSPS) is 19.6. The van der Waals surface area contributed by atoms with Gasteiger partial charge in [0, 0.05) is 12.6 Å². The fourth-order valence-electron chi connectivity index (χ4n) is 3.18. The highest BCUT2D eigenvalue weighted by Gasteiger charge is 2.52. The molecule has 1 fully saturated rings. The van der Waals surface area contributed by atoms with Crippen LogP contribution in [0.25, 0.3) is 0 Å². The van der Waals surface area contributed by atoms with E-state index in [9.17, 15) is 14.4 Å². The van der Waals surface area contributed by atoms with Crippen molar-refractivity contribution < 1.29 is 23.7 Å². The van der Waals surface area contributed by atoms with Crippen molar-refractivity contribution in [2.45, 2.75) is 33.7 Å². The van der Waals surface area contributed by atoms with Gasteiger partial charge in [0.15, 0.2) is 0 Å². The largest absolute Gasteiger partial charge is 0.465 e. The van der Waals surface area contributed by atoms with Gasteiger partial charge in [-0.15, -0.1) is 9.78 Å². The van der Waals surface area contributed by atoms with E-state index in [0.717, 1.165) is 21.9 Å². The fraction of sp³-hybridized carbons (Fsp3) is 0.529. The molecule has 0 N–H and O–H groups in total. The smallest absolute Gasteiger partial charge is 0.421 e. The van der Waals surface area contributed by atoms with Crippen molar-refractivity contribution in [3.63, 3.8) is 0 Å². The van der Waals surface area contributed by atoms with Gasteiger partial charge in [-0.2, -0.15) is 0 Å². The molecule has 0 bridgehead atoms. The number of carbonyl (C=O) groups excluding carboxylic acids is 3. The number of fused-ring (bicyclic) bond motifs is 1. The highest BCUT2D eigenvalue weighted by Crippen LogP contribution is 2.21. The Kier molecular flexibility index (Phi) is 4.58. The number of urea groups is 1. The van der Waals surface area contributed by atoms with E-state index in [4.69, 9.17) is 4.74 Å². The molecule has 0 aromatic carbocycles. The van der Waals surface area contributed by atoms with Crippen molar-refractivity contribution >= 4 is 29.7 Å². The van der Waals surface area contributed by atoms with Crippen LogP contribution in [0.2, 0.25) is 0 Å². The first-order valence-electron chi connectivity index (χ1n) is 8.65. The van der Waals surface area contributed by atoms with E-state index in [2.05, 4.69) is 10.1 Å². The Bertz CT molecular complexity index is 913. The Labute approximate surface area is 156 Å². The van der Waals surface area contributed by atoms with Crippen LogP contribution < -0.4 is 0 Å². The van der Waals surface area contributed by atoms with Crippen LogP contribution in [-0.4, -0.2) is 87.1 Å². The van der Waals surface area contributed by atoms with Crippen molar-refractivity contribution in [2.75, 3.05) is 27.2 Å². The molecule has 144 valence electrons. The molecule has 2 aliphatic rings. The number of hydrogen-bond donors (Lipinski definition) is 0. The molecule has 1 saturated heterocycles. The van der Waals surface area contributed by atoms with Gasteiger partial charge >= 0.3 is 18.0 Å². The molecule has 10 nitrogen and oxygen atoms in total. The Morgan fingerprint density at radius 2 is 1.93 bits per heavy atom. The van der Waals surface area contributed by atoms with Crippen molar-refractivity contribution in [3.8, 4) is 0 Å². The number of rotatable bonds is 3. The maximum atomic E-state index is 13.0. The molecule has 2 aliphatic heterocycles. The lowest BCUT2D eigenvalue weighted by molar-refractivity contribution is -0.507. The maximum absolute atomic E-state index is 13.0. The first-order chi connectivity index (χ1) is 12.7. The lowest BCUT2D eigenvalue weighted by Crippen LogP contribution is -2.63. The average molecular weight is 375 g/mol. The fourth-order valence-corrected chi connectivity index (χ4v) is 3.18. The molecule has 1 atom stereocenters. The highest BCUT2D eigenvalue weighted by atomic mass is 16.5. The SMILES string of the molecule is CCOC(=O)CN1C(=O)C2C(=NC(n3nc(C)c(C)c3C)=[N+]2C)N(C)C1=O. The minimum atomic E-state index is -0.804. The highest BCUT2D eigenvalue weighted by molar-refractivity contribution is 6.23. The molecule has 0 aliphatic carbocycles. The van der Waals surface area contributed by atoms with Gasteiger partial charge in [-0.05, 0) is 27.7 Å². The Morgan fingerprint density at radius 1 is 1.26 bits per heavy atom. The molecular formula is C17H23N6O4+. The number of esters is 1. The van der Waals surface area contributed by atoms with Gasteiger partial charge in [0.1, 0.15) is 12.2 Å². The van der Waals surface area contributed by atoms with E-state index >= 15 is 0 Å². The first kappa shape index (κ1) is 18.7. The summed E-state index contributed by atoms with van der Waals surface area (Å²) in [4.78, 5) is 44.0. The number of nitrogens with zero attached hydrogens (tertiary/aromatic N) is 6. The topological polar surface area (TPSA) is 100 Å². The molecule has 0 saturated carbocycles. The van der Waals surface area contributed by atoms with E-state index in [1.54, 1.807) is 23.2 Å². The standard InChI is InChI=1S/C17H23N6O4/c1-7-27-12(24)8-22-15(25)13-14(21(6)17(22)26)18-16(20(13)5)23-11(4)9(2)10(3)19-23/h13H,7-8H2,1-6H3/q+1. The summed E-state index contributed by atoms with van der Waals surface area (Å²) in [5, 5.41) is 4.49. The van der Waals surface area contributed by atoms with Crippen molar-refractivity contribution in [2.24, 2.45) is 4.99 Å². The number of carbonyl (C=O) groups is 3. The number of aryl methyl sites for hydroxylation is 1. The summed E-state index contributed by atoms with van der Waals surface area (Å²) in [5.74, 6) is -0.379. The summed E-state index contributed by atoms with van der Waals surface area (Å²) in [5.41, 5.74) is 2.80. The number of amides is 3. The van der Waals surface area contributed by atoms with Crippen LogP contribution in [0.15, 0.2) is 4.99 Å². The number of likely N-dealkylation sites (N-methyl/N-ethyl adjacent to an activating group) is 2. The van der Waals surface area contributed by atoms with Crippen LogP contribution in [-0.2, 0) is 14.3 Å². The van der Waals surface area contributed by atoms with Crippen molar-refractivity contribution in [3.05, 3.63) is 17.0 Å². The van der Waals surface area contributed by atoms with Crippen molar-refractivity contribution in [1.82, 2.24) is 19.6 Å². The van der Waals surface area contributed by atoms with E-state index in [1.165, 1.54) is 11.9 Å². The first-order valence-corrected chi connectivity index (χ1v) is 8.65. The molecular weight excluding hydrogens is 352 g/mol. The van der Waals surface area contributed by atoms with Gasteiger partial charge < -0.3 is 4.74 Å². The molecule has 3 heterocycles. The maximum Gasteiger partial charge on any atom is 0.421 e. The third kappa shape index (κ3) is 2.81. The van der Waals surface area contributed by atoms with E-state index in [1.807, 2.05) is 20.8 Å². The number of ether oxygens (including phenoxy) is 1. The monoisotopic (exact) mass is 375 g/mol. The number of amidine groups is 1. The molecule has 1 unspecified atom stereocenters. The second-order valence-corrected chi connectivity index (χ2v) is 6.56. The van der Waals surface area contributed by atoms with Crippen LogP contribution >= 0.6 is 0 Å². The summed E-state index contributed by atoms with van der Waals surface area (Å²) < 4.78 is 8.20. The Morgan fingerprint density at radius 3 is 2.48 bits per heavy atom. The van der Waals surface area contributed by atoms with E-state index in [-0.39, 0.29) is 6.61 Å². The predicted molar refractivity (Wildman–Crippen MR) is 95.8 cm³/mol. The zero-order valence-electron chi connectivity index (χ0n) is 16.3. The zero-order chi connectivity index (χ0) is 20.0. The van der Waals surface area contributed by atoms with Crippen LogP contribution in [0.3, 0.4) is 0 Å². The van der Waals surface area contributed by atoms with Crippen LogP contribution in [0, 0.1) is 20.8 Å². The summed E-state index contributed by atoms with van der Waals surface area (Å²) in [7, 11) is 3.24. The summed E-state index contributed by atoms with van der Waals surface area (Å²) in [6.45, 7) is 7.19. The van der Waals surface area contributed by atoms with Gasteiger partial charge in [0.25, 0.3) is 5.91 Å². The van der Waals surface area contributed by atoms with Gasteiger partial charge in [-0.3, -0.25) is 14.5 Å². The second kappa shape index (κ2) is 6.60. The van der Waals surface area contributed by atoms with E-state index in [0.29, 0.717) is 11.8 Å². The minimum Gasteiger partial charge on any atom is -0.465 e. The molecule has 1 aromatic heterocycles. The lowest BCUT2D eigenvalue weighted by atomic mass is 10.1. The minimum absolute atomic E-state index is 0.177. The van der Waals surface area contributed by atoms with Gasteiger partial charge in [0.2, 0.25) is 11.9 Å². The Balaban J connectivity index is 2.01. The number of aromatic nitrogens is 2. The van der Waals surface area contributed by atoms with Gasteiger partial charge in [-0.1, -0.05) is 4.99 Å². The third-order valence-electron chi connectivity index (χ3n) is 4.96. The Hall–Kier alpha value is -3.04. The molecule has 10 heteroatoms. The number of imide groups is 1. The molecule has 1 aromatic rings. The molecule has 0 spiro atoms. The molecule has 0 radical (unpaired) electrons. The number of aliphatic imine (C=N–C) groups is 1. The van der Waals surface area contributed by atoms with Crippen LogP contribution in [0.1, 0.15) is 23.9 Å². The molecule has 3 rings (SSSR count). The summed E-state index contributed by atoms with van der Waals surface area (Å²) in [6.07, 6.45) is 0. The third-order valence-corrected chi connectivity index (χ3v) is 4.96. The second-order valence-electron chi connectivity index (χ2n) is 6.56. The lowest BCUT2D eigenvalue weighted by Gasteiger charge is -2.32.